The number of carbonyl (C=O) groups is 2. The van der Waals surface area contributed by atoms with Gasteiger partial charge in [-0.25, -0.2) is 4.98 Å². The van der Waals surface area contributed by atoms with Gasteiger partial charge in [0.25, 0.3) is 0 Å². The lowest BCUT2D eigenvalue weighted by atomic mass is 9.79. The van der Waals surface area contributed by atoms with E-state index in [4.69, 9.17) is 11.6 Å². The van der Waals surface area contributed by atoms with Crippen molar-refractivity contribution in [3.05, 3.63) is 48.5 Å². The lowest BCUT2D eigenvalue weighted by molar-refractivity contribution is -0.142. The van der Waals surface area contributed by atoms with Crippen LogP contribution >= 0.6 is 11.6 Å². The van der Waals surface area contributed by atoms with Crippen LogP contribution in [-0.4, -0.2) is 78.0 Å². The van der Waals surface area contributed by atoms with Crippen molar-refractivity contribution in [3.63, 3.8) is 0 Å². The fourth-order valence-electron chi connectivity index (χ4n) is 6.29. The molecule has 2 aliphatic heterocycles. The second kappa shape index (κ2) is 9.45. The fraction of sp³-hybridized carbons (Fsp3) is 0.444. The average Bonchev–Trinajstić information content (AvgIpc) is 3.72. The number of pyridine rings is 1. The van der Waals surface area contributed by atoms with E-state index in [1.807, 2.05) is 35.5 Å². The summed E-state index contributed by atoms with van der Waals surface area (Å²) < 4.78 is 1.63. The van der Waals surface area contributed by atoms with E-state index in [9.17, 15) is 9.59 Å². The molecule has 6 heterocycles. The molecule has 192 valence electrons. The summed E-state index contributed by atoms with van der Waals surface area (Å²) in [6, 6.07) is 7.75. The maximum atomic E-state index is 13.6. The van der Waals surface area contributed by atoms with Crippen LogP contribution < -0.4 is 0 Å². The minimum Gasteiger partial charge on any atom is -0.343 e. The second-order valence-electron chi connectivity index (χ2n) is 10.2. The van der Waals surface area contributed by atoms with Crippen LogP contribution in [0.1, 0.15) is 44.7 Å². The average molecular weight is 520 g/mol. The molecule has 6 rings (SSSR count). The molecule has 37 heavy (non-hydrogen) atoms. The van der Waals surface area contributed by atoms with Crippen LogP contribution in [0.2, 0.25) is 0 Å². The van der Waals surface area contributed by atoms with E-state index in [-0.39, 0.29) is 23.1 Å². The SMILES string of the molecule is CCCC1(c2cc3c(-c4cnn5ncccc45)ccnc3[nH]2)CCN(C(=O)[C@H]2CCCN2C(=O)CCl)C1. The zero-order valence-electron chi connectivity index (χ0n) is 20.9. The molecule has 1 unspecified atom stereocenters. The van der Waals surface area contributed by atoms with Gasteiger partial charge < -0.3 is 14.8 Å². The van der Waals surface area contributed by atoms with Crippen molar-refractivity contribution < 1.29 is 9.59 Å². The molecule has 4 aromatic heterocycles. The minimum atomic E-state index is -0.399. The highest BCUT2D eigenvalue weighted by Crippen LogP contribution is 2.41. The number of carbonyl (C=O) groups excluding carboxylic acids is 2. The zero-order valence-corrected chi connectivity index (χ0v) is 21.6. The number of H-pyrrole nitrogens is 1. The fourth-order valence-corrected chi connectivity index (χ4v) is 6.45. The maximum absolute atomic E-state index is 13.6. The van der Waals surface area contributed by atoms with Crippen LogP contribution in [-0.2, 0) is 15.0 Å². The highest BCUT2D eigenvalue weighted by molar-refractivity contribution is 6.27. The molecule has 0 spiro atoms. The number of hydrogen-bond donors (Lipinski definition) is 1. The maximum Gasteiger partial charge on any atom is 0.245 e. The molecule has 4 aromatic rings. The van der Waals surface area contributed by atoms with Gasteiger partial charge in [-0.05, 0) is 55.5 Å². The Balaban J connectivity index is 1.34. The lowest BCUT2D eigenvalue weighted by Gasteiger charge is -2.31. The number of nitrogens with zero attached hydrogens (tertiary/aromatic N) is 6. The molecule has 9 nitrogen and oxygen atoms in total. The third-order valence-corrected chi connectivity index (χ3v) is 8.29. The largest absolute Gasteiger partial charge is 0.343 e. The first-order valence-corrected chi connectivity index (χ1v) is 13.5. The summed E-state index contributed by atoms with van der Waals surface area (Å²) in [5, 5.41) is 9.75. The number of alkyl halides is 1. The smallest absolute Gasteiger partial charge is 0.245 e. The van der Waals surface area contributed by atoms with Gasteiger partial charge in [-0.3, -0.25) is 9.59 Å². The van der Waals surface area contributed by atoms with Gasteiger partial charge in [0.05, 0.1) is 11.7 Å². The molecule has 2 fully saturated rings. The molecule has 0 bridgehead atoms. The van der Waals surface area contributed by atoms with E-state index in [1.165, 1.54) is 0 Å². The van der Waals surface area contributed by atoms with Crippen LogP contribution in [0.4, 0.5) is 0 Å². The number of likely N-dealkylation sites (tertiary alicyclic amines) is 2. The summed E-state index contributed by atoms with van der Waals surface area (Å²) in [6.45, 7) is 4.09. The van der Waals surface area contributed by atoms with Crippen LogP contribution in [0, 0.1) is 0 Å². The van der Waals surface area contributed by atoms with Crippen LogP contribution in [0.3, 0.4) is 0 Å². The molecule has 2 amide bonds. The third-order valence-electron chi connectivity index (χ3n) is 8.06. The van der Waals surface area contributed by atoms with Crippen LogP contribution in [0.15, 0.2) is 42.9 Å². The first kappa shape index (κ1) is 23.9. The Hall–Kier alpha value is -3.46. The van der Waals surface area contributed by atoms with Crippen molar-refractivity contribution in [1.29, 1.82) is 0 Å². The second-order valence-corrected chi connectivity index (χ2v) is 10.4. The van der Waals surface area contributed by atoms with Gasteiger partial charge in [0.15, 0.2) is 0 Å². The van der Waals surface area contributed by atoms with E-state index < -0.39 is 6.04 Å². The van der Waals surface area contributed by atoms with Gasteiger partial charge in [0, 0.05) is 54.1 Å². The number of hydrogen-bond acceptors (Lipinski definition) is 5. The zero-order chi connectivity index (χ0) is 25.6. The normalized spacial score (nSPS) is 21.9. The van der Waals surface area contributed by atoms with Gasteiger partial charge in [0.1, 0.15) is 17.6 Å². The predicted octanol–water partition coefficient (Wildman–Crippen LogP) is 3.77. The molecular weight excluding hydrogens is 490 g/mol. The Morgan fingerprint density at radius 3 is 2.92 bits per heavy atom. The molecule has 1 N–H and O–H groups in total. The Kier molecular flexibility index (Phi) is 6.10. The Bertz CT molecular complexity index is 1480. The van der Waals surface area contributed by atoms with E-state index in [0.717, 1.165) is 59.1 Å². The van der Waals surface area contributed by atoms with Crippen molar-refractivity contribution in [3.8, 4) is 11.1 Å². The van der Waals surface area contributed by atoms with Gasteiger partial charge >= 0.3 is 0 Å². The quantitative estimate of drug-likeness (QED) is 0.391. The van der Waals surface area contributed by atoms with Crippen molar-refractivity contribution in [1.82, 2.24) is 34.6 Å². The molecule has 0 saturated carbocycles. The monoisotopic (exact) mass is 519 g/mol. The number of nitrogens with one attached hydrogen (secondary N) is 1. The molecule has 0 aliphatic carbocycles. The van der Waals surface area contributed by atoms with E-state index in [2.05, 4.69) is 33.2 Å². The summed E-state index contributed by atoms with van der Waals surface area (Å²) in [7, 11) is 0. The molecular formula is C27H30ClN7O2. The Morgan fingerprint density at radius 1 is 1.19 bits per heavy atom. The first-order valence-electron chi connectivity index (χ1n) is 13.0. The molecule has 2 aliphatic rings. The topological polar surface area (TPSA) is 99.5 Å². The number of halogens is 1. The highest BCUT2D eigenvalue weighted by atomic mass is 35.5. The number of amides is 2. The number of aromatic nitrogens is 5. The van der Waals surface area contributed by atoms with Gasteiger partial charge in [0.2, 0.25) is 11.8 Å². The Morgan fingerprint density at radius 2 is 2.08 bits per heavy atom. The summed E-state index contributed by atoms with van der Waals surface area (Å²) in [4.78, 5) is 37.7. The summed E-state index contributed by atoms with van der Waals surface area (Å²) in [6.07, 6.45) is 9.74. The highest BCUT2D eigenvalue weighted by Gasteiger charge is 2.45. The number of aromatic amines is 1. The van der Waals surface area contributed by atoms with Crippen LogP contribution in [0.25, 0.3) is 27.7 Å². The molecule has 2 saturated heterocycles. The predicted molar refractivity (Wildman–Crippen MR) is 141 cm³/mol. The van der Waals surface area contributed by atoms with E-state index in [0.29, 0.717) is 26.1 Å². The van der Waals surface area contributed by atoms with Gasteiger partial charge in [-0.2, -0.15) is 14.8 Å². The summed E-state index contributed by atoms with van der Waals surface area (Å²) >= 11 is 5.81. The summed E-state index contributed by atoms with van der Waals surface area (Å²) in [5.74, 6) is -0.201. The molecule has 0 radical (unpaired) electrons. The number of rotatable bonds is 6. The minimum absolute atomic E-state index is 0.0442. The van der Waals surface area contributed by atoms with Crippen molar-refractivity contribution in [2.75, 3.05) is 25.5 Å². The van der Waals surface area contributed by atoms with E-state index >= 15 is 0 Å². The van der Waals surface area contributed by atoms with Crippen LogP contribution in [0.5, 0.6) is 0 Å². The standard InChI is InChI=1S/C27H30ClN7O2/c1-2-8-27(9-13-33(17-27)26(37)22-6-4-12-34(22)24(36)15-28)23-14-19-18(7-11-29-25(19)32-23)20-16-31-35-21(20)5-3-10-30-35/h3,5,7,10-11,14,16,22H,2,4,6,8-9,12-13,15,17H2,1H3,(H,29,32)/t22-,27?/m1/s1. The van der Waals surface area contributed by atoms with Crippen molar-refractivity contribution in [2.24, 2.45) is 0 Å². The molecule has 0 aromatic carbocycles. The third kappa shape index (κ3) is 3.96. The lowest BCUT2D eigenvalue weighted by Crippen LogP contribution is -2.48. The van der Waals surface area contributed by atoms with Gasteiger partial charge in [-0.1, -0.05) is 13.3 Å². The van der Waals surface area contributed by atoms with Crippen molar-refractivity contribution >= 4 is 40.0 Å². The summed E-state index contributed by atoms with van der Waals surface area (Å²) in [5.41, 5.74) is 4.73. The van der Waals surface area contributed by atoms with Gasteiger partial charge in [-0.15, -0.1) is 11.6 Å². The molecule has 2 atom stereocenters. The van der Waals surface area contributed by atoms with Crippen molar-refractivity contribution in [2.45, 2.75) is 50.5 Å². The molecule has 10 heteroatoms. The Labute approximate surface area is 219 Å². The first-order chi connectivity index (χ1) is 18.0. The van der Waals surface area contributed by atoms with E-state index in [1.54, 1.807) is 15.7 Å². The number of fused-ring (bicyclic) bond motifs is 2.